The fourth-order valence-corrected chi connectivity index (χ4v) is 3.54. The van der Waals surface area contributed by atoms with E-state index in [-0.39, 0.29) is 11.1 Å². The number of amides is 1. The van der Waals surface area contributed by atoms with Gasteiger partial charge in [0, 0.05) is 0 Å². The SMILES string of the molecule is COc1ccc(/C=C2\SC(=N)N(c3ccc(C)c(C)c3)C2=O)cc1OC. The lowest BCUT2D eigenvalue weighted by molar-refractivity contribution is -0.113. The van der Waals surface area contributed by atoms with Gasteiger partial charge in [-0.1, -0.05) is 12.1 Å². The zero-order chi connectivity index (χ0) is 18.8. The number of carbonyl (C=O) groups excluding carboxylic acids is 1. The van der Waals surface area contributed by atoms with Gasteiger partial charge in [-0.25, -0.2) is 0 Å². The number of ether oxygens (including phenoxy) is 2. The van der Waals surface area contributed by atoms with Crippen LogP contribution in [0.2, 0.25) is 0 Å². The van der Waals surface area contributed by atoms with Crippen molar-refractivity contribution in [2.75, 3.05) is 19.1 Å². The molecule has 1 aliphatic rings. The number of amidine groups is 1. The molecule has 0 saturated carbocycles. The first kappa shape index (κ1) is 18.1. The maximum atomic E-state index is 12.8. The van der Waals surface area contributed by atoms with Crippen LogP contribution in [0.1, 0.15) is 16.7 Å². The molecule has 1 N–H and O–H groups in total. The van der Waals surface area contributed by atoms with E-state index in [9.17, 15) is 4.79 Å². The summed E-state index contributed by atoms with van der Waals surface area (Å²) < 4.78 is 10.5. The van der Waals surface area contributed by atoms with Crippen LogP contribution < -0.4 is 14.4 Å². The monoisotopic (exact) mass is 368 g/mol. The molecule has 0 aliphatic carbocycles. The summed E-state index contributed by atoms with van der Waals surface area (Å²) in [6.07, 6.45) is 1.77. The molecule has 5 nitrogen and oxygen atoms in total. The highest BCUT2D eigenvalue weighted by Gasteiger charge is 2.33. The summed E-state index contributed by atoms with van der Waals surface area (Å²) in [5, 5.41) is 8.42. The van der Waals surface area contributed by atoms with E-state index >= 15 is 0 Å². The van der Waals surface area contributed by atoms with Gasteiger partial charge in [0.2, 0.25) is 0 Å². The fraction of sp³-hybridized carbons (Fsp3) is 0.200. The van der Waals surface area contributed by atoms with Gasteiger partial charge in [0.25, 0.3) is 5.91 Å². The van der Waals surface area contributed by atoms with Gasteiger partial charge < -0.3 is 9.47 Å². The molecule has 0 radical (unpaired) electrons. The lowest BCUT2D eigenvalue weighted by atomic mass is 10.1. The highest BCUT2D eigenvalue weighted by atomic mass is 32.2. The Balaban J connectivity index is 1.93. The molecule has 1 aliphatic heterocycles. The van der Waals surface area contributed by atoms with Crippen LogP contribution in [0.25, 0.3) is 6.08 Å². The summed E-state index contributed by atoms with van der Waals surface area (Å²) >= 11 is 1.15. The van der Waals surface area contributed by atoms with Crippen molar-refractivity contribution in [3.05, 3.63) is 58.0 Å². The van der Waals surface area contributed by atoms with Crippen molar-refractivity contribution in [2.24, 2.45) is 0 Å². The molecule has 0 atom stereocenters. The quantitative estimate of drug-likeness (QED) is 0.814. The van der Waals surface area contributed by atoms with Crippen molar-refractivity contribution >= 4 is 34.6 Å². The number of aryl methyl sites for hydroxylation is 2. The average Bonchev–Trinajstić information content (AvgIpc) is 2.91. The van der Waals surface area contributed by atoms with Crippen molar-refractivity contribution in [1.29, 1.82) is 5.41 Å². The van der Waals surface area contributed by atoms with Gasteiger partial charge in [-0.2, -0.15) is 0 Å². The molecular formula is C20H20N2O3S. The molecule has 26 heavy (non-hydrogen) atoms. The first-order valence-electron chi connectivity index (χ1n) is 8.06. The molecule has 1 fully saturated rings. The molecule has 6 heteroatoms. The molecule has 1 saturated heterocycles. The Morgan fingerprint density at radius 3 is 2.38 bits per heavy atom. The number of anilines is 1. The third-order valence-electron chi connectivity index (χ3n) is 4.28. The van der Waals surface area contributed by atoms with Gasteiger partial charge in [0.15, 0.2) is 16.7 Å². The van der Waals surface area contributed by atoms with Crippen LogP contribution >= 0.6 is 11.8 Å². The van der Waals surface area contributed by atoms with Crippen LogP contribution in [-0.4, -0.2) is 25.3 Å². The molecule has 2 aromatic carbocycles. The summed E-state index contributed by atoms with van der Waals surface area (Å²) in [6, 6.07) is 11.2. The predicted octanol–water partition coefficient (Wildman–Crippen LogP) is 4.38. The lowest BCUT2D eigenvalue weighted by Gasteiger charge is -2.15. The second-order valence-corrected chi connectivity index (χ2v) is 6.97. The molecule has 0 aromatic heterocycles. The van der Waals surface area contributed by atoms with Crippen LogP contribution in [0.4, 0.5) is 5.69 Å². The number of nitrogens with zero attached hydrogens (tertiary/aromatic N) is 1. The third kappa shape index (κ3) is 3.32. The number of methoxy groups -OCH3 is 2. The van der Waals surface area contributed by atoms with Crippen molar-refractivity contribution < 1.29 is 14.3 Å². The number of benzene rings is 2. The Morgan fingerprint density at radius 2 is 1.73 bits per heavy atom. The van der Waals surface area contributed by atoms with Gasteiger partial charge in [-0.15, -0.1) is 0 Å². The molecule has 0 bridgehead atoms. The van der Waals surface area contributed by atoms with Gasteiger partial charge >= 0.3 is 0 Å². The highest BCUT2D eigenvalue weighted by molar-refractivity contribution is 8.19. The second-order valence-electron chi connectivity index (χ2n) is 5.94. The minimum atomic E-state index is -0.196. The maximum Gasteiger partial charge on any atom is 0.271 e. The zero-order valence-corrected chi connectivity index (χ0v) is 15.9. The maximum absolute atomic E-state index is 12.8. The van der Waals surface area contributed by atoms with E-state index in [1.165, 1.54) is 4.90 Å². The molecule has 0 unspecified atom stereocenters. The van der Waals surface area contributed by atoms with E-state index in [1.54, 1.807) is 26.4 Å². The first-order valence-corrected chi connectivity index (χ1v) is 8.88. The van der Waals surface area contributed by atoms with E-state index in [0.717, 1.165) is 28.5 Å². The van der Waals surface area contributed by atoms with Crippen molar-refractivity contribution in [3.63, 3.8) is 0 Å². The van der Waals surface area contributed by atoms with Crippen LogP contribution in [0.15, 0.2) is 41.3 Å². The molecule has 0 spiro atoms. The minimum absolute atomic E-state index is 0.196. The Hall–Kier alpha value is -2.73. The van der Waals surface area contributed by atoms with Crippen LogP contribution in [0, 0.1) is 19.3 Å². The first-order chi connectivity index (χ1) is 12.4. The normalized spacial score (nSPS) is 15.7. The van der Waals surface area contributed by atoms with Gasteiger partial charge in [-0.3, -0.25) is 15.1 Å². The van der Waals surface area contributed by atoms with Gasteiger partial charge in [-0.05, 0) is 72.6 Å². The number of nitrogens with one attached hydrogen (secondary N) is 1. The highest BCUT2D eigenvalue weighted by Crippen LogP contribution is 2.36. The van der Waals surface area contributed by atoms with Gasteiger partial charge in [0.1, 0.15) is 0 Å². The summed E-state index contributed by atoms with van der Waals surface area (Å²) in [6.45, 7) is 4.02. The molecule has 1 amide bonds. The average molecular weight is 368 g/mol. The Kier molecular flexibility index (Phi) is 5.04. The molecule has 3 rings (SSSR count). The third-order valence-corrected chi connectivity index (χ3v) is 5.17. The Labute approximate surface area is 157 Å². The smallest absolute Gasteiger partial charge is 0.271 e. The van der Waals surface area contributed by atoms with Crippen molar-refractivity contribution in [2.45, 2.75) is 13.8 Å². The Bertz CT molecular complexity index is 921. The zero-order valence-electron chi connectivity index (χ0n) is 15.1. The van der Waals surface area contributed by atoms with Crippen molar-refractivity contribution in [3.8, 4) is 11.5 Å². The lowest BCUT2D eigenvalue weighted by Crippen LogP contribution is -2.28. The van der Waals surface area contributed by atoms with E-state index < -0.39 is 0 Å². The molecule has 134 valence electrons. The van der Waals surface area contributed by atoms with Crippen LogP contribution in [0.5, 0.6) is 11.5 Å². The second kappa shape index (κ2) is 7.25. The minimum Gasteiger partial charge on any atom is -0.493 e. The van der Waals surface area contributed by atoms with Crippen LogP contribution in [0.3, 0.4) is 0 Å². The van der Waals surface area contributed by atoms with E-state index in [4.69, 9.17) is 14.9 Å². The van der Waals surface area contributed by atoms with Gasteiger partial charge in [0.05, 0.1) is 24.8 Å². The topological polar surface area (TPSA) is 62.6 Å². The molecule has 2 aromatic rings. The largest absolute Gasteiger partial charge is 0.493 e. The summed E-state index contributed by atoms with van der Waals surface area (Å²) in [7, 11) is 3.15. The summed E-state index contributed by atoms with van der Waals surface area (Å²) in [5.41, 5.74) is 3.77. The number of hydrogen-bond acceptors (Lipinski definition) is 5. The van der Waals surface area contributed by atoms with E-state index in [1.807, 2.05) is 44.2 Å². The number of hydrogen-bond donors (Lipinski definition) is 1. The Morgan fingerprint density at radius 1 is 1.00 bits per heavy atom. The van der Waals surface area contributed by atoms with Crippen molar-refractivity contribution in [1.82, 2.24) is 0 Å². The molecule has 1 heterocycles. The predicted molar refractivity (Wildman–Crippen MR) is 106 cm³/mol. The summed E-state index contributed by atoms with van der Waals surface area (Å²) in [4.78, 5) is 14.8. The summed E-state index contributed by atoms with van der Waals surface area (Å²) in [5.74, 6) is 1.03. The van der Waals surface area contributed by atoms with E-state index in [0.29, 0.717) is 22.1 Å². The van der Waals surface area contributed by atoms with Crippen LogP contribution in [-0.2, 0) is 4.79 Å². The number of thioether (sulfide) groups is 1. The number of carbonyl (C=O) groups is 1. The molecular weight excluding hydrogens is 348 g/mol. The standard InChI is InChI=1S/C20H20N2O3S/c1-12-5-7-15(9-13(12)2)22-19(23)18(26-20(22)21)11-14-6-8-16(24-3)17(10-14)25-4/h5-11,21H,1-4H3/b18-11-,21-20?. The van der Waals surface area contributed by atoms with E-state index in [2.05, 4.69) is 0 Å². The fourth-order valence-electron chi connectivity index (χ4n) is 2.68. The number of rotatable bonds is 4.